The summed E-state index contributed by atoms with van der Waals surface area (Å²) in [7, 11) is 0. The largest absolute Gasteiger partial charge is 0.328 e. The van der Waals surface area contributed by atoms with Crippen LogP contribution in [0.2, 0.25) is 0 Å². The fourth-order valence-corrected chi connectivity index (χ4v) is 4.98. The number of aromatic nitrogens is 2. The average molecular weight is 520 g/mol. The van der Waals surface area contributed by atoms with Crippen molar-refractivity contribution in [3.8, 4) is 5.69 Å². The van der Waals surface area contributed by atoms with Crippen LogP contribution in [-0.4, -0.2) is 26.9 Å². The number of hydrogen-bond donors (Lipinski definition) is 0. The van der Waals surface area contributed by atoms with Gasteiger partial charge in [0.25, 0.3) is 11.5 Å². The van der Waals surface area contributed by atoms with Gasteiger partial charge < -0.3 is 4.90 Å². The Bertz CT molecular complexity index is 1690. The molecule has 4 aromatic carbocycles. The van der Waals surface area contributed by atoms with E-state index in [1.54, 1.807) is 15.5 Å². The molecule has 0 bridgehead atoms. The second-order valence-corrected chi connectivity index (χ2v) is 9.83. The van der Waals surface area contributed by atoms with Crippen LogP contribution in [0.3, 0.4) is 0 Å². The highest BCUT2D eigenvalue weighted by atomic mass is 19.1. The van der Waals surface area contributed by atoms with Crippen LogP contribution in [0.1, 0.15) is 45.8 Å². The first-order valence-electron chi connectivity index (χ1n) is 13.0. The molecule has 39 heavy (non-hydrogen) atoms. The third kappa shape index (κ3) is 5.36. The molecule has 0 saturated heterocycles. The lowest BCUT2D eigenvalue weighted by Gasteiger charge is -2.31. The van der Waals surface area contributed by atoms with Gasteiger partial charge in [0.15, 0.2) is 0 Å². The van der Waals surface area contributed by atoms with Crippen molar-refractivity contribution in [2.75, 3.05) is 6.54 Å². The Hall–Kier alpha value is -4.58. The Labute approximate surface area is 227 Å². The highest BCUT2D eigenvalue weighted by Crippen LogP contribution is 2.26. The van der Waals surface area contributed by atoms with Crippen LogP contribution in [0.5, 0.6) is 0 Å². The molecule has 0 aliphatic heterocycles. The van der Waals surface area contributed by atoms with Crippen molar-refractivity contribution in [1.29, 1.82) is 0 Å². The van der Waals surface area contributed by atoms with Crippen LogP contribution < -0.4 is 5.56 Å². The zero-order valence-corrected chi connectivity index (χ0v) is 22.3. The summed E-state index contributed by atoms with van der Waals surface area (Å²) in [5, 5.41) is 0.508. The molecule has 1 unspecified atom stereocenters. The number of hydrogen-bond acceptors (Lipinski definition) is 3. The molecule has 1 heterocycles. The number of benzene rings is 4. The van der Waals surface area contributed by atoms with Gasteiger partial charge in [0.1, 0.15) is 11.6 Å². The van der Waals surface area contributed by atoms with E-state index in [1.165, 1.54) is 24.3 Å². The van der Waals surface area contributed by atoms with E-state index in [1.807, 2.05) is 87.5 Å². The summed E-state index contributed by atoms with van der Waals surface area (Å²) in [6.07, 6.45) is 0.611. The topological polar surface area (TPSA) is 55.2 Å². The predicted octanol–water partition coefficient (Wildman–Crippen LogP) is 6.59. The maximum atomic E-state index is 13.9. The van der Waals surface area contributed by atoms with E-state index in [0.29, 0.717) is 35.3 Å². The van der Waals surface area contributed by atoms with Gasteiger partial charge in [-0.05, 0) is 80.8 Å². The molecule has 6 heteroatoms. The van der Waals surface area contributed by atoms with Gasteiger partial charge >= 0.3 is 0 Å². The molecule has 5 nitrogen and oxygen atoms in total. The van der Waals surface area contributed by atoms with E-state index in [4.69, 9.17) is 4.98 Å². The van der Waals surface area contributed by atoms with Crippen LogP contribution in [0.15, 0.2) is 102 Å². The maximum Gasteiger partial charge on any atom is 0.266 e. The number of halogens is 1. The van der Waals surface area contributed by atoms with E-state index in [2.05, 4.69) is 0 Å². The standard InChI is InChI=1S/C33H30FN3O2/c1-22-13-18-30(23(2)21-22)37-31(35-29-12-8-7-11-28(29)33(37)39)24(3)36(20-19-25-9-5-4-6-10-25)32(38)26-14-16-27(34)17-15-26/h4-18,21,24H,19-20H2,1-3H3. The molecule has 0 fully saturated rings. The quantitative estimate of drug-likeness (QED) is 0.244. The van der Waals surface area contributed by atoms with Crippen molar-refractivity contribution in [2.24, 2.45) is 0 Å². The van der Waals surface area contributed by atoms with Crippen molar-refractivity contribution in [1.82, 2.24) is 14.5 Å². The minimum absolute atomic E-state index is 0.188. The minimum atomic E-state index is -0.565. The molecule has 0 saturated carbocycles. The minimum Gasteiger partial charge on any atom is -0.328 e. The Morgan fingerprint density at radius 1 is 0.923 bits per heavy atom. The van der Waals surface area contributed by atoms with Gasteiger partial charge in [-0.15, -0.1) is 0 Å². The fourth-order valence-electron chi connectivity index (χ4n) is 4.98. The zero-order valence-electron chi connectivity index (χ0n) is 22.3. The van der Waals surface area contributed by atoms with Crippen LogP contribution in [0.25, 0.3) is 16.6 Å². The molecule has 0 aliphatic carbocycles. The molecule has 1 atom stereocenters. The summed E-state index contributed by atoms with van der Waals surface area (Å²) in [5.41, 5.74) is 4.58. The number of fused-ring (bicyclic) bond motifs is 1. The highest BCUT2D eigenvalue weighted by molar-refractivity contribution is 5.94. The number of aryl methyl sites for hydroxylation is 2. The molecule has 5 aromatic rings. The van der Waals surface area contributed by atoms with Crippen LogP contribution in [0.4, 0.5) is 4.39 Å². The second-order valence-electron chi connectivity index (χ2n) is 9.83. The smallest absolute Gasteiger partial charge is 0.266 e. The van der Waals surface area contributed by atoms with Gasteiger partial charge in [0.2, 0.25) is 0 Å². The monoisotopic (exact) mass is 519 g/mol. The van der Waals surface area contributed by atoms with Crippen molar-refractivity contribution >= 4 is 16.8 Å². The van der Waals surface area contributed by atoms with Crippen molar-refractivity contribution in [3.63, 3.8) is 0 Å². The molecule has 1 aromatic heterocycles. The first-order chi connectivity index (χ1) is 18.8. The van der Waals surface area contributed by atoms with Gasteiger partial charge in [-0.25, -0.2) is 9.37 Å². The first kappa shape index (κ1) is 26.0. The molecule has 196 valence electrons. The number of rotatable bonds is 7. The van der Waals surface area contributed by atoms with Crippen molar-refractivity contribution in [2.45, 2.75) is 33.2 Å². The Morgan fingerprint density at radius 2 is 1.62 bits per heavy atom. The van der Waals surface area contributed by atoms with Gasteiger partial charge in [0.05, 0.1) is 22.6 Å². The lowest BCUT2D eigenvalue weighted by molar-refractivity contribution is 0.0683. The van der Waals surface area contributed by atoms with Crippen molar-refractivity contribution < 1.29 is 9.18 Å². The lowest BCUT2D eigenvalue weighted by atomic mass is 10.1. The zero-order chi connectivity index (χ0) is 27.5. The van der Waals surface area contributed by atoms with Gasteiger partial charge in [-0.2, -0.15) is 0 Å². The first-order valence-corrected chi connectivity index (χ1v) is 13.0. The Balaban J connectivity index is 1.67. The lowest BCUT2D eigenvalue weighted by Crippen LogP contribution is -2.38. The second kappa shape index (κ2) is 11.0. The molecule has 0 spiro atoms. The van der Waals surface area contributed by atoms with E-state index >= 15 is 0 Å². The molecular weight excluding hydrogens is 489 g/mol. The highest BCUT2D eigenvalue weighted by Gasteiger charge is 2.28. The SMILES string of the molecule is Cc1ccc(-n2c(C(C)N(CCc3ccccc3)C(=O)c3ccc(F)cc3)nc3ccccc3c2=O)c(C)c1. The summed E-state index contributed by atoms with van der Waals surface area (Å²) in [6, 6.07) is 28.1. The third-order valence-electron chi connectivity index (χ3n) is 7.07. The molecule has 0 radical (unpaired) electrons. The van der Waals surface area contributed by atoms with E-state index in [9.17, 15) is 14.0 Å². The molecule has 0 aliphatic rings. The van der Waals surface area contributed by atoms with Gasteiger partial charge in [-0.3, -0.25) is 14.2 Å². The normalized spacial score (nSPS) is 11.9. The summed E-state index contributed by atoms with van der Waals surface area (Å²) < 4.78 is 15.3. The van der Waals surface area contributed by atoms with E-state index in [0.717, 1.165) is 22.4 Å². The van der Waals surface area contributed by atoms with Crippen LogP contribution in [0, 0.1) is 19.7 Å². The fraction of sp³-hybridized carbons (Fsp3) is 0.182. The maximum absolute atomic E-state index is 13.9. The van der Waals surface area contributed by atoms with Gasteiger partial charge in [-0.1, -0.05) is 60.2 Å². The number of carbonyl (C=O) groups is 1. The molecule has 1 amide bonds. The predicted molar refractivity (Wildman–Crippen MR) is 153 cm³/mol. The van der Waals surface area contributed by atoms with E-state index in [-0.39, 0.29) is 11.5 Å². The number of carbonyl (C=O) groups excluding carboxylic acids is 1. The van der Waals surface area contributed by atoms with Crippen LogP contribution in [-0.2, 0) is 6.42 Å². The summed E-state index contributed by atoms with van der Waals surface area (Å²) in [4.78, 5) is 34.5. The Morgan fingerprint density at radius 3 is 2.33 bits per heavy atom. The summed E-state index contributed by atoms with van der Waals surface area (Å²) >= 11 is 0. The number of amides is 1. The number of para-hydroxylation sites is 1. The summed E-state index contributed by atoms with van der Waals surface area (Å²) in [5.74, 6) is -0.197. The van der Waals surface area contributed by atoms with Crippen molar-refractivity contribution in [3.05, 3.63) is 141 Å². The third-order valence-corrected chi connectivity index (χ3v) is 7.07. The molecule has 5 rings (SSSR count). The van der Waals surface area contributed by atoms with E-state index < -0.39 is 11.9 Å². The van der Waals surface area contributed by atoms with Gasteiger partial charge in [0, 0.05) is 12.1 Å². The molecular formula is C33H30FN3O2. The van der Waals surface area contributed by atoms with Crippen LogP contribution >= 0.6 is 0 Å². The summed E-state index contributed by atoms with van der Waals surface area (Å²) in [6.45, 7) is 6.25. The molecule has 0 N–H and O–H groups in total. The average Bonchev–Trinajstić information content (AvgIpc) is 2.94. The number of nitrogens with zero attached hydrogens (tertiary/aromatic N) is 3. The Kier molecular flexibility index (Phi) is 7.37.